The van der Waals surface area contributed by atoms with Crippen LogP contribution in [-0.4, -0.2) is 18.2 Å². The fraction of sp³-hybridized carbons (Fsp3) is 0.533. The van der Waals surface area contributed by atoms with Gasteiger partial charge in [0, 0.05) is 6.54 Å². The van der Waals surface area contributed by atoms with Crippen LogP contribution in [0, 0.1) is 0 Å². The van der Waals surface area contributed by atoms with Crippen LogP contribution < -0.4 is 5.32 Å². The SMILES string of the molecule is C=CC1=CC(CCNC(=O)OC(C)(C)C)=CCC1. The molecule has 1 amide bonds. The zero-order chi connectivity index (χ0) is 13.6. The summed E-state index contributed by atoms with van der Waals surface area (Å²) in [6.45, 7) is 9.95. The van der Waals surface area contributed by atoms with Crippen LogP contribution in [0.3, 0.4) is 0 Å². The monoisotopic (exact) mass is 249 g/mol. The molecule has 1 aliphatic rings. The third-order valence-corrected chi connectivity index (χ3v) is 2.55. The van der Waals surface area contributed by atoms with Gasteiger partial charge in [-0.25, -0.2) is 4.79 Å². The van der Waals surface area contributed by atoms with E-state index in [1.165, 1.54) is 11.1 Å². The van der Waals surface area contributed by atoms with E-state index >= 15 is 0 Å². The van der Waals surface area contributed by atoms with E-state index in [0.717, 1.165) is 19.3 Å². The van der Waals surface area contributed by atoms with Gasteiger partial charge in [-0.2, -0.15) is 0 Å². The number of rotatable bonds is 4. The van der Waals surface area contributed by atoms with Crippen molar-refractivity contribution < 1.29 is 9.53 Å². The number of ether oxygens (including phenoxy) is 1. The second-order valence-corrected chi connectivity index (χ2v) is 5.42. The summed E-state index contributed by atoms with van der Waals surface area (Å²) in [4.78, 5) is 11.4. The molecular weight excluding hydrogens is 226 g/mol. The lowest BCUT2D eigenvalue weighted by atomic mass is 9.98. The fourth-order valence-electron chi connectivity index (χ4n) is 1.75. The van der Waals surface area contributed by atoms with Crippen molar-refractivity contribution in [2.75, 3.05) is 6.54 Å². The van der Waals surface area contributed by atoms with Gasteiger partial charge in [0.2, 0.25) is 0 Å². The van der Waals surface area contributed by atoms with Gasteiger partial charge in [0.05, 0.1) is 0 Å². The first-order chi connectivity index (χ1) is 8.40. The maximum atomic E-state index is 11.4. The van der Waals surface area contributed by atoms with Crippen molar-refractivity contribution in [2.45, 2.75) is 45.6 Å². The molecule has 0 aliphatic heterocycles. The summed E-state index contributed by atoms with van der Waals surface area (Å²) in [6, 6.07) is 0. The van der Waals surface area contributed by atoms with E-state index in [1.807, 2.05) is 26.8 Å². The Morgan fingerprint density at radius 1 is 1.56 bits per heavy atom. The zero-order valence-electron chi connectivity index (χ0n) is 11.6. The van der Waals surface area contributed by atoms with Crippen molar-refractivity contribution in [2.24, 2.45) is 0 Å². The normalized spacial score (nSPS) is 15.5. The second kappa shape index (κ2) is 6.43. The predicted molar refractivity (Wildman–Crippen MR) is 74.5 cm³/mol. The zero-order valence-corrected chi connectivity index (χ0v) is 11.6. The average molecular weight is 249 g/mol. The quantitative estimate of drug-likeness (QED) is 0.824. The lowest BCUT2D eigenvalue weighted by Crippen LogP contribution is -2.33. The highest BCUT2D eigenvalue weighted by atomic mass is 16.6. The lowest BCUT2D eigenvalue weighted by Gasteiger charge is -2.20. The molecule has 0 spiro atoms. The minimum Gasteiger partial charge on any atom is -0.444 e. The van der Waals surface area contributed by atoms with Gasteiger partial charge in [-0.15, -0.1) is 0 Å². The van der Waals surface area contributed by atoms with Crippen molar-refractivity contribution in [3.63, 3.8) is 0 Å². The Labute approximate surface area is 110 Å². The summed E-state index contributed by atoms with van der Waals surface area (Å²) < 4.78 is 5.17. The number of allylic oxidation sites excluding steroid dienone is 4. The summed E-state index contributed by atoms with van der Waals surface area (Å²) >= 11 is 0. The Hall–Kier alpha value is -1.51. The Morgan fingerprint density at radius 2 is 2.28 bits per heavy atom. The molecule has 0 aromatic heterocycles. The molecule has 0 fully saturated rings. The van der Waals surface area contributed by atoms with E-state index in [4.69, 9.17) is 4.74 Å². The number of alkyl carbamates (subject to hydrolysis) is 1. The molecule has 0 saturated heterocycles. The van der Waals surface area contributed by atoms with E-state index in [0.29, 0.717) is 6.54 Å². The van der Waals surface area contributed by atoms with E-state index in [-0.39, 0.29) is 6.09 Å². The summed E-state index contributed by atoms with van der Waals surface area (Å²) in [5.41, 5.74) is 2.08. The van der Waals surface area contributed by atoms with Crippen molar-refractivity contribution in [1.82, 2.24) is 5.32 Å². The first kappa shape index (κ1) is 14.6. The Balaban J connectivity index is 2.30. The van der Waals surface area contributed by atoms with Gasteiger partial charge < -0.3 is 10.1 Å². The molecule has 3 nitrogen and oxygen atoms in total. The third kappa shape index (κ3) is 5.71. The first-order valence-electron chi connectivity index (χ1n) is 6.39. The van der Waals surface area contributed by atoms with Gasteiger partial charge in [0.15, 0.2) is 0 Å². The molecule has 0 unspecified atom stereocenters. The minimum atomic E-state index is -0.440. The van der Waals surface area contributed by atoms with Crippen LogP contribution in [0.1, 0.15) is 40.0 Å². The third-order valence-electron chi connectivity index (χ3n) is 2.55. The number of carbonyl (C=O) groups excluding carboxylic acids is 1. The number of carbonyl (C=O) groups is 1. The number of hydrogen-bond donors (Lipinski definition) is 1. The highest BCUT2D eigenvalue weighted by molar-refractivity contribution is 5.67. The van der Waals surface area contributed by atoms with Gasteiger partial charge >= 0.3 is 6.09 Å². The lowest BCUT2D eigenvalue weighted by molar-refractivity contribution is 0.0528. The molecule has 1 rings (SSSR count). The van der Waals surface area contributed by atoms with Gasteiger partial charge in [0.1, 0.15) is 5.60 Å². The standard InChI is InChI=1S/C15H23NO2/c1-5-12-7-6-8-13(11-12)9-10-16-14(17)18-15(2,3)4/h5,8,11H,1,6-7,9-10H2,2-4H3,(H,16,17). The maximum Gasteiger partial charge on any atom is 0.407 e. The van der Waals surface area contributed by atoms with Crippen molar-refractivity contribution >= 4 is 6.09 Å². The molecule has 0 heterocycles. The Bertz CT molecular complexity index is 372. The molecule has 0 saturated carbocycles. The van der Waals surface area contributed by atoms with Crippen LogP contribution >= 0.6 is 0 Å². The minimum absolute atomic E-state index is 0.355. The molecule has 18 heavy (non-hydrogen) atoms. The van der Waals surface area contributed by atoms with Gasteiger partial charge in [0.25, 0.3) is 0 Å². The van der Waals surface area contributed by atoms with E-state index in [1.54, 1.807) is 0 Å². The average Bonchev–Trinajstić information content (AvgIpc) is 2.27. The highest BCUT2D eigenvalue weighted by Gasteiger charge is 2.15. The molecule has 0 aromatic carbocycles. The van der Waals surface area contributed by atoms with E-state index in [9.17, 15) is 4.79 Å². The summed E-state index contributed by atoms with van der Waals surface area (Å²) in [6.07, 6.45) is 8.85. The van der Waals surface area contributed by atoms with Crippen LogP contribution in [0.15, 0.2) is 36.0 Å². The maximum absolute atomic E-state index is 11.4. The topological polar surface area (TPSA) is 38.3 Å². The predicted octanol–water partition coefficient (Wildman–Crippen LogP) is 3.73. The largest absolute Gasteiger partial charge is 0.444 e. The summed E-state index contributed by atoms with van der Waals surface area (Å²) in [7, 11) is 0. The molecule has 0 aromatic rings. The molecule has 3 heteroatoms. The molecule has 1 N–H and O–H groups in total. The first-order valence-corrected chi connectivity index (χ1v) is 6.39. The second-order valence-electron chi connectivity index (χ2n) is 5.42. The molecule has 1 aliphatic carbocycles. The number of amides is 1. The van der Waals surface area contributed by atoms with Crippen LogP contribution in [0.2, 0.25) is 0 Å². The summed E-state index contributed by atoms with van der Waals surface area (Å²) in [5.74, 6) is 0. The van der Waals surface area contributed by atoms with Crippen LogP contribution in [0.4, 0.5) is 4.79 Å². The smallest absolute Gasteiger partial charge is 0.407 e. The molecular formula is C15H23NO2. The van der Waals surface area contributed by atoms with Gasteiger partial charge in [-0.05, 0) is 51.2 Å². The Morgan fingerprint density at radius 3 is 2.89 bits per heavy atom. The number of hydrogen-bond acceptors (Lipinski definition) is 2. The van der Waals surface area contributed by atoms with Crippen LogP contribution in [-0.2, 0) is 4.74 Å². The summed E-state index contributed by atoms with van der Waals surface area (Å²) in [5, 5.41) is 2.76. The van der Waals surface area contributed by atoms with Crippen LogP contribution in [0.25, 0.3) is 0 Å². The van der Waals surface area contributed by atoms with E-state index < -0.39 is 5.60 Å². The van der Waals surface area contributed by atoms with Crippen molar-refractivity contribution in [3.8, 4) is 0 Å². The number of nitrogens with one attached hydrogen (secondary N) is 1. The molecule has 0 atom stereocenters. The molecule has 0 bridgehead atoms. The van der Waals surface area contributed by atoms with E-state index in [2.05, 4.69) is 24.0 Å². The van der Waals surface area contributed by atoms with Gasteiger partial charge in [-0.3, -0.25) is 0 Å². The Kier molecular flexibility index (Phi) is 5.20. The van der Waals surface area contributed by atoms with Gasteiger partial charge in [-0.1, -0.05) is 24.8 Å². The fourth-order valence-corrected chi connectivity index (χ4v) is 1.75. The van der Waals surface area contributed by atoms with Crippen molar-refractivity contribution in [1.29, 1.82) is 0 Å². The van der Waals surface area contributed by atoms with Crippen molar-refractivity contribution in [3.05, 3.63) is 36.0 Å². The molecule has 100 valence electrons. The molecule has 0 radical (unpaired) electrons. The highest BCUT2D eigenvalue weighted by Crippen LogP contribution is 2.19. The van der Waals surface area contributed by atoms with Crippen LogP contribution in [0.5, 0.6) is 0 Å².